The van der Waals surface area contributed by atoms with Gasteiger partial charge in [-0.3, -0.25) is 0 Å². The van der Waals surface area contributed by atoms with Gasteiger partial charge in [0.25, 0.3) is 0 Å². The third-order valence-corrected chi connectivity index (χ3v) is 2.17. The summed E-state index contributed by atoms with van der Waals surface area (Å²) in [4.78, 5) is 2.24. The van der Waals surface area contributed by atoms with Crippen LogP contribution in [0.1, 0.15) is 20.8 Å². The predicted octanol–water partition coefficient (Wildman–Crippen LogP) is 1.73. The van der Waals surface area contributed by atoms with E-state index < -0.39 is 0 Å². The van der Waals surface area contributed by atoms with Crippen molar-refractivity contribution >= 4 is 18.3 Å². The lowest BCUT2D eigenvalue weighted by Crippen LogP contribution is -2.32. The molecule has 2 nitrogen and oxygen atoms in total. The molecule has 1 unspecified atom stereocenters. The summed E-state index contributed by atoms with van der Waals surface area (Å²) in [5.74, 6) is 0. The van der Waals surface area contributed by atoms with E-state index >= 15 is 0 Å². The fraction of sp³-hybridized carbons (Fsp3) is 0.833. The highest BCUT2D eigenvalue weighted by Gasteiger charge is 2.17. The molecule has 3 heteroatoms. The zero-order valence-electron chi connectivity index (χ0n) is 6.03. The van der Waals surface area contributed by atoms with Gasteiger partial charge in [-0.15, -0.1) is 0 Å². The van der Waals surface area contributed by atoms with Crippen LogP contribution < -0.4 is 0 Å². The molecule has 0 spiro atoms. The van der Waals surface area contributed by atoms with Crippen molar-refractivity contribution in [2.24, 2.45) is 4.40 Å². The van der Waals surface area contributed by atoms with Gasteiger partial charge in [-0.1, -0.05) is 0 Å². The normalized spacial score (nSPS) is 26.2. The molecule has 0 aromatic rings. The van der Waals surface area contributed by atoms with Crippen molar-refractivity contribution in [3.8, 4) is 0 Å². The quantitative estimate of drug-likeness (QED) is 0.521. The summed E-state index contributed by atoms with van der Waals surface area (Å²) in [5, 5.41) is 0.532. The third kappa shape index (κ3) is 1.39. The van der Waals surface area contributed by atoms with Gasteiger partial charge >= 0.3 is 0 Å². The van der Waals surface area contributed by atoms with Crippen LogP contribution in [0.4, 0.5) is 0 Å². The minimum atomic E-state index is 0.532. The van der Waals surface area contributed by atoms with Crippen molar-refractivity contribution in [1.82, 2.24) is 4.90 Å². The van der Waals surface area contributed by atoms with Crippen LogP contribution in [0.3, 0.4) is 0 Å². The van der Waals surface area contributed by atoms with Crippen LogP contribution in [0, 0.1) is 0 Å². The Morgan fingerprint density at radius 3 is 2.56 bits per heavy atom. The molecule has 0 aliphatic carbocycles. The molecule has 1 rings (SSSR count). The van der Waals surface area contributed by atoms with E-state index in [1.165, 1.54) is 0 Å². The van der Waals surface area contributed by atoms with Crippen LogP contribution in [0.15, 0.2) is 4.40 Å². The molecule has 0 radical (unpaired) electrons. The molecule has 1 heterocycles. The van der Waals surface area contributed by atoms with E-state index in [9.17, 15) is 0 Å². The topological polar surface area (TPSA) is 15.6 Å². The lowest BCUT2D eigenvalue weighted by molar-refractivity contribution is 0.361. The molecule has 52 valence electrons. The molecule has 0 N–H and O–H groups in total. The van der Waals surface area contributed by atoms with Crippen LogP contribution in [-0.4, -0.2) is 22.7 Å². The monoisotopic (exact) mass is 144 g/mol. The maximum absolute atomic E-state index is 4.08. The van der Waals surface area contributed by atoms with Crippen molar-refractivity contribution in [2.45, 2.75) is 32.2 Å². The Morgan fingerprint density at radius 2 is 2.33 bits per heavy atom. The van der Waals surface area contributed by atoms with Gasteiger partial charge in [-0.2, -0.15) is 0 Å². The summed E-state index contributed by atoms with van der Waals surface area (Å²) in [6.45, 7) is 6.51. The van der Waals surface area contributed by atoms with E-state index in [1.54, 1.807) is 11.9 Å². The van der Waals surface area contributed by atoms with E-state index in [1.807, 2.05) is 6.34 Å². The molecule has 0 bridgehead atoms. The first-order chi connectivity index (χ1) is 4.22. The second kappa shape index (κ2) is 2.60. The van der Waals surface area contributed by atoms with E-state index in [0.717, 1.165) is 0 Å². The average molecular weight is 144 g/mol. The minimum absolute atomic E-state index is 0.532. The number of hydrogen-bond acceptors (Lipinski definition) is 3. The SMILES string of the molecule is CC(C)N1C=NSC1C. The molecule has 0 aromatic heterocycles. The lowest BCUT2D eigenvalue weighted by Gasteiger charge is -2.23. The fourth-order valence-electron chi connectivity index (χ4n) is 0.871. The van der Waals surface area contributed by atoms with Gasteiger partial charge in [0.05, 0.1) is 5.37 Å². The molecule has 9 heavy (non-hydrogen) atoms. The Morgan fingerprint density at radius 1 is 1.67 bits per heavy atom. The van der Waals surface area contributed by atoms with Crippen molar-refractivity contribution < 1.29 is 0 Å². The van der Waals surface area contributed by atoms with Gasteiger partial charge in [0.2, 0.25) is 0 Å². The molecule has 0 aromatic carbocycles. The Balaban J connectivity index is 2.49. The van der Waals surface area contributed by atoms with Crippen molar-refractivity contribution in [3.63, 3.8) is 0 Å². The largest absolute Gasteiger partial charge is 0.346 e. The van der Waals surface area contributed by atoms with Gasteiger partial charge in [-0.05, 0) is 20.8 Å². The van der Waals surface area contributed by atoms with Crippen LogP contribution in [0.25, 0.3) is 0 Å². The third-order valence-electron chi connectivity index (χ3n) is 1.41. The first kappa shape index (κ1) is 6.93. The van der Waals surface area contributed by atoms with Crippen molar-refractivity contribution in [2.75, 3.05) is 0 Å². The summed E-state index contributed by atoms with van der Waals surface area (Å²) in [5.41, 5.74) is 0. The molecule has 1 aliphatic rings. The Hall–Kier alpha value is -0.180. The lowest BCUT2D eigenvalue weighted by atomic mass is 10.3. The van der Waals surface area contributed by atoms with Gasteiger partial charge in [0.15, 0.2) is 0 Å². The summed E-state index contributed by atoms with van der Waals surface area (Å²) in [6, 6.07) is 0.582. The Kier molecular flexibility index (Phi) is 2.01. The highest BCUT2D eigenvalue weighted by atomic mass is 32.2. The smallest absolute Gasteiger partial charge is 0.100 e. The minimum Gasteiger partial charge on any atom is -0.346 e. The highest BCUT2D eigenvalue weighted by Crippen LogP contribution is 2.22. The van der Waals surface area contributed by atoms with Gasteiger partial charge in [0, 0.05) is 18.0 Å². The Labute approximate surface area is 60.5 Å². The maximum Gasteiger partial charge on any atom is 0.100 e. The number of hydrogen-bond donors (Lipinski definition) is 0. The highest BCUT2D eigenvalue weighted by molar-refractivity contribution is 7.98. The van der Waals surface area contributed by atoms with Crippen LogP contribution in [0.5, 0.6) is 0 Å². The van der Waals surface area contributed by atoms with Gasteiger partial charge < -0.3 is 4.90 Å². The predicted molar refractivity (Wildman–Crippen MR) is 42.5 cm³/mol. The zero-order valence-corrected chi connectivity index (χ0v) is 6.85. The van der Waals surface area contributed by atoms with Crippen molar-refractivity contribution in [3.05, 3.63) is 0 Å². The second-order valence-corrected chi connectivity index (χ2v) is 3.57. The first-order valence-electron chi connectivity index (χ1n) is 3.18. The van der Waals surface area contributed by atoms with Crippen molar-refractivity contribution in [1.29, 1.82) is 0 Å². The summed E-state index contributed by atoms with van der Waals surface area (Å²) < 4.78 is 4.08. The van der Waals surface area contributed by atoms with Gasteiger partial charge in [-0.25, -0.2) is 4.40 Å². The van der Waals surface area contributed by atoms with E-state index in [-0.39, 0.29) is 0 Å². The molecule has 1 atom stereocenters. The zero-order chi connectivity index (χ0) is 6.85. The number of rotatable bonds is 1. The van der Waals surface area contributed by atoms with Gasteiger partial charge in [0.1, 0.15) is 6.34 Å². The fourth-order valence-corrected chi connectivity index (χ4v) is 1.62. The van der Waals surface area contributed by atoms with E-state index in [2.05, 4.69) is 30.1 Å². The summed E-state index contributed by atoms with van der Waals surface area (Å²) >= 11 is 1.63. The van der Waals surface area contributed by atoms with E-state index in [0.29, 0.717) is 11.4 Å². The summed E-state index contributed by atoms with van der Waals surface area (Å²) in [6.07, 6.45) is 1.92. The molecule has 1 aliphatic heterocycles. The maximum atomic E-state index is 4.08. The molecular weight excluding hydrogens is 132 g/mol. The average Bonchev–Trinajstić information content (AvgIpc) is 2.13. The molecule has 0 amide bonds. The van der Waals surface area contributed by atoms with Crippen LogP contribution in [-0.2, 0) is 0 Å². The van der Waals surface area contributed by atoms with E-state index in [4.69, 9.17) is 0 Å². The molecule has 0 fully saturated rings. The molecular formula is C6H12N2S. The van der Waals surface area contributed by atoms with Crippen LogP contribution in [0.2, 0.25) is 0 Å². The molecule has 0 saturated heterocycles. The second-order valence-electron chi connectivity index (χ2n) is 2.47. The molecule has 0 saturated carbocycles. The standard InChI is InChI=1S/C6H12N2S/c1-5(2)8-4-7-9-6(8)3/h4-6H,1-3H3. The first-order valence-corrected chi connectivity index (χ1v) is 4.02. The Bertz CT molecular complexity index is 122. The number of nitrogens with zero attached hydrogens (tertiary/aromatic N) is 2. The van der Waals surface area contributed by atoms with Crippen LogP contribution >= 0.6 is 11.9 Å². The summed E-state index contributed by atoms with van der Waals surface area (Å²) in [7, 11) is 0.